The van der Waals surface area contributed by atoms with E-state index in [-0.39, 0.29) is 11.6 Å². The zero-order valence-electron chi connectivity index (χ0n) is 10.2. The molecule has 0 amide bonds. The van der Waals surface area contributed by atoms with Gasteiger partial charge in [-0.1, -0.05) is 48.0 Å². The third kappa shape index (κ3) is 3.50. The van der Waals surface area contributed by atoms with E-state index in [1.165, 1.54) is 11.6 Å². The first-order valence-electron chi connectivity index (χ1n) is 5.79. The molecular weight excluding hydrogens is 247 g/mol. The van der Waals surface area contributed by atoms with Crippen LogP contribution in [0.4, 0.5) is 4.39 Å². The van der Waals surface area contributed by atoms with E-state index in [0.29, 0.717) is 11.3 Å². The summed E-state index contributed by atoms with van der Waals surface area (Å²) in [6.45, 7) is 2.01. The zero-order chi connectivity index (χ0) is 13.0. The molecule has 0 bridgehead atoms. The molecule has 0 radical (unpaired) electrons. The summed E-state index contributed by atoms with van der Waals surface area (Å²) >= 11 is 0. The lowest BCUT2D eigenvalue weighted by atomic mass is 10.2. The first kappa shape index (κ1) is 13.0. The van der Waals surface area contributed by atoms with Crippen LogP contribution in [0.25, 0.3) is 0 Å². The molecule has 18 heavy (non-hydrogen) atoms. The fourth-order valence-corrected chi connectivity index (χ4v) is 2.96. The Balaban J connectivity index is 2.01. The lowest BCUT2D eigenvalue weighted by Crippen LogP contribution is -2.01. The molecule has 0 saturated carbocycles. The summed E-state index contributed by atoms with van der Waals surface area (Å²) < 4.78 is 25.4. The number of hydrogen-bond acceptors (Lipinski definition) is 1. The molecule has 2 aromatic rings. The van der Waals surface area contributed by atoms with E-state index in [0.717, 1.165) is 5.56 Å². The van der Waals surface area contributed by atoms with Crippen molar-refractivity contribution in [1.82, 2.24) is 0 Å². The van der Waals surface area contributed by atoms with Crippen LogP contribution in [0.3, 0.4) is 0 Å². The minimum atomic E-state index is -1.08. The topological polar surface area (TPSA) is 17.1 Å². The van der Waals surface area contributed by atoms with E-state index >= 15 is 0 Å². The minimum absolute atomic E-state index is 0.264. The van der Waals surface area contributed by atoms with E-state index in [1.54, 1.807) is 18.2 Å². The van der Waals surface area contributed by atoms with Crippen LogP contribution in [0.2, 0.25) is 0 Å². The zero-order valence-corrected chi connectivity index (χ0v) is 11.0. The highest BCUT2D eigenvalue weighted by Crippen LogP contribution is 2.12. The molecule has 0 aliphatic heterocycles. The van der Waals surface area contributed by atoms with Gasteiger partial charge in [0.25, 0.3) is 0 Å². The molecule has 0 fully saturated rings. The van der Waals surface area contributed by atoms with Gasteiger partial charge in [0.2, 0.25) is 0 Å². The molecule has 0 N–H and O–H groups in total. The Morgan fingerprint density at radius 2 is 1.67 bits per heavy atom. The Kier molecular flexibility index (Phi) is 4.26. The van der Waals surface area contributed by atoms with Gasteiger partial charge in [-0.25, -0.2) is 4.39 Å². The third-order valence-electron chi connectivity index (χ3n) is 2.72. The Morgan fingerprint density at radius 3 is 2.33 bits per heavy atom. The molecule has 3 heteroatoms. The van der Waals surface area contributed by atoms with Crippen molar-refractivity contribution in [3.63, 3.8) is 0 Å². The molecule has 1 atom stereocenters. The van der Waals surface area contributed by atoms with Crippen LogP contribution in [0.5, 0.6) is 0 Å². The average Bonchev–Trinajstić information content (AvgIpc) is 2.35. The Bertz CT molecular complexity index is 549. The van der Waals surface area contributed by atoms with Crippen molar-refractivity contribution < 1.29 is 8.60 Å². The molecule has 0 spiro atoms. The Hall–Kier alpha value is -1.48. The first-order chi connectivity index (χ1) is 8.65. The lowest BCUT2D eigenvalue weighted by Gasteiger charge is -2.04. The van der Waals surface area contributed by atoms with Gasteiger partial charge in [0.1, 0.15) is 5.82 Å². The molecule has 0 unspecified atom stereocenters. The summed E-state index contributed by atoms with van der Waals surface area (Å²) in [4.78, 5) is 0. The van der Waals surface area contributed by atoms with Crippen molar-refractivity contribution in [1.29, 1.82) is 0 Å². The molecular formula is C15H15FOS. The van der Waals surface area contributed by atoms with Crippen molar-refractivity contribution >= 4 is 10.8 Å². The molecule has 0 saturated heterocycles. The summed E-state index contributed by atoms with van der Waals surface area (Å²) in [5.74, 6) is 0.449. The second-order valence-corrected chi connectivity index (χ2v) is 5.76. The molecule has 2 aromatic carbocycles. The van der Waals surface area contributed by atoms with Crippen LogP contribution in [0.15, 0.2) is 48.5 Å². The fourth-order valence-electron chi connectivity index (χ4n) is 1.71. The smallest absolute Gasteiger partial charge is 0.127 e. The molecule has 0 aliphatic carbocycles. The average molecular weight is 262 g/mol. The van der Waals surface area contributed by atoms with Crippen molar-refractivity contribution in [2.24, 2.45) is 0 Å². The highest BCUT2D eigenvalue weighted by molar-refractivity contribution is 7.83. The van der Waals surface area contributed by atoms with Crippen molar-refractivity contribution in [2.75, 3.05) is 0 Å². The van der Waals surface area contributed by atoms with Crippen LogP contribution in [-0.4, -0.2) is 4.21 Å². The van der Waals surface area contributed by atoms with E-state index in [4.69, 9.17) is 0 Å². The molecule has 0 heterocycles. The quantitative estimate of drug-likeness (QED) is 0.823. The number of halogens is 1. The Labute approximate surface area is 109 Å². The summed E-state index contributed by atoms with van der Waals surface area (Å²) in [7, 11) is -1.08. The van der Waals surface area contributed by atoms with E-state index in [1.807, 2.05) is 31.2 Å². The Morgan fingerprint density at radius 1 is 1.00 bits per heavy atom. The molecule has 0 aliphatic rings. The summed E-state index contributed by atoms with van der Waals surface area (Å²) in [5.41, 5.74) is 2.72. The molecule has 1 nitrogen and oxygen atoms in total. The van der Waals surface area contributed by atoms with Crippen molar-refractivity contribution in [2.45, 2.75) is 18.4 Å². The predicted molar refractivity (Wildman–Crippen MR) is 73.1 cm³/mol. The van der Waals surface area contributed by atoms with Gasteiger partial charge in [0.05, 0.1) is 5.75 Å². The predicted octanol–water partition coefficient (Wildman–Crippen LogP) is 3.58. The third-order valence-corrected chi connectivity index (χ3v) is 4.01. The molecule has 0 aromatic heterocycles. The minimum Gasteiger partial charge on any atom is -0.259 e. The van der Waals surface area contributed by atoms with Crippen molar-refractivity contribution in [3.8, 4) is 0 Å². The van der Waals surface area contributed by atoms with Gasteiger partial charge in [-0.05, 0) is 18.6 Å². The van der Waals surface area contributed by atoms with Crippen LogP contribution >= 0.6 is 0 Å². The van der Waals surface area contributed by atoms with E-state index in [9.17, 15) is 8.60 Å². The number of benzene rings is 2. The molecule has 2 rings (SSSR count). The maximum absolute atomic E-state index is 13.4. The molecule has 94 valence electrons. The van der Waals surface area contributed by atoms with Crippen LogP contribution in [0, 0.1) is 12.7 Å². The van der Waals surface area contributed by atoms with Crippen LogP contribution < -0.4 is 0 Å². The maximum atomic E-state index is 13.4. The number of hydrogen-bond donors (Lipinski definition) is 0. The van der Waals surface area contributed by atoms with Gasteiger partial charge in [-0.15, -0.1) is 0 Å². The number of rotatable bonds is 4. The fraction of sp³-hybridized carbons (Fsp3) is 0.200. The lowest BCUT2D eigenvalue weighted by molar-refractivity contribution is 0.615. The highest BCUT2D eigenvalue weighted by Gasteiger charge is 2.07. The van der Waals surface area contributed by atoms with Gasteiger partial charge >= 0.3 is 0 Å². The van der Waals surface area contributed by atoms with E-state index < -0.39 is 10.8 Å². The van der Waals surface area contributed by atoms with Crippen molar-refractivity contribution in [3.05, 3.63) is 71.0 Å². The SMILES string of the molecule is Cc1ccc(C[S@@](=O)Cc2ccccc2F)cc1. The normalized spacial score (nSPS) is 12.3. The van der Waals surface area contributed by atoms with Gasteiger partial charge in [0.15, 0.2) is 0 Å². The van der Waals surface area contributed by atoms with Gasteiger partial charge in [-0.2, -0.15) is 0 Å². The first-order valence-corrected chi connectivity index (χ1v) is 7.28. The number of aryl methyl sites for hydroxylation is 1. The van der Waals surface area contributed by atoms with E-state index in [2.05, 4.69) is 0 Å². The summed E-state index contributed by atoms with van der Waals surface area (Å²) in [5, 5.41) is 0. The highest BCUT2D eigenvalue weighted by atomic mass is 32.2. The van der Waals surface area contributed by atoms with Crippen LogP contribution in [0.1, 0.15) is 16.7 Å². The van der Waals surface area contributed by atoms with Gasteiger partial charge in [-0.3, -0.25) is 4.21 Å². The second-order valence-electron chi connectivity index (χ2n) is 4.31. The maximum Gasteiger partial charge on any atom is 0.127 e. The monoisotopic (exact) mass is 262 g/mol. The summed E-state index contributed by atoms with van der Waals surface area (Å²) in [6.07, 6.45) is 0. The largest absolute Gasteiger partial charge is 0.259 e. The van der Waals surface area contributed by atoms with Crippen LogP contribution in [-0.2, 0) is 22.3 Å². The van der Waals surface area contributed by atoms with Gasteiger partial charge < -0.3 is 0 Å². The van der Waals surface area contributed by atoms with Gasteiger partial charge in [0, 0.05) is 22.1 Å². The second kappa shape index (κ2) is 5.91. The summed E-state index contributed by atoms with van der Waals surface area (Å²) in [6, 6.07) is 14.4. The standard InChI is InChI=1S/C15H15FOS/c1-12-6-8-13(9-7-12)10-18(17)11-14-4-2-3-5-15(14)16/h2-9H,10-11H2,1H3/t18-/m1/s1.